The molecule has 0 saturated carbocycles. The molecule has 9 heteroatoms. The summed E-state index contributed by atoms with van der Waals surface area (Å²) in [4.78, 5) is 4.64. The van der Waals surface area contributed by atoms with Crippen LogP contribution in [0.3, 0.4) is 0 Å². The number of nitrogens with one attached hydrogen (secondary N) is 1. The smallest absolute Gasteiger partial charge is 0.239 e. The Morgan fingerprint density at radius 1 is 1.03 bits per heavy atom. The molecule has 0 saturated heterocycles. The highest BCUT2D eigenvalue weighted by Gasteiger charge is 2.34. The molecule has 0 unspecified atom stereocenters. The first kappa shape index (κ1) is 25.9. The largest absolute Gasteiger partial charge is 0.506 e. The first-order valence-electron chi connectivity index (χ1n) is 11.8. The van der Waals surface area contributed by atoms with Crippen LogP contribution in [0.15, 0.2) is 60.0 Å². The van der Waals surface area contributed by atoms with Crippen molar-refractivity contribution in [2.45, 2.75) is 33.1 Å². The van der Waals surface area contributed by atoms with E-state index in [0.29, 0.717) is 5.69 Å². The number of phenolic OH excluding ortho intramolecular Hbond substituents is 1. The Bertz CT molecular complexity index is 1750. The van der Waals surface area contributed by atoms with Crippen molar-refractivity contribution < 1.29 is 13.5 Å². The first-order valence-corrected chi connectivity index (χ1v) is 15.0. The molecule has 0 aliphatic rings. The number of phenols is 1. The van der Waals surface area contributed by atoms with Gasteiger partial charge in [-0.1, -0.05) is 68.2 Å². The zero-order chi connectivity index (χ0) is 26.7. The standard InChI is InChI=1S/C28H26Cl2N2O3S2/c1-5-37(34,35)32(22-14-20(30)23(33)15-19(22)29)26-25-18-13-17(24-7-6-12-36-24)9-8-16(18)10-11-21(25)31-27(26)28(2,3)4/h6-15,31,33H,5H2,1-4H3. The van der Waals surface area contributed by atoms with Gasteiger partial charge < -0.3 is 10.1 Å². The first-order chi connectivity index (χ1) is 17.4. The van der Waals surface area contributed by atoms with E-state index < -0.39 is 15.4 Å². The Labute approximate surface area is 230 Å². The maximum Gasteiger partial charge on any atom is 0.239 e. The van der Waals surface area contributed by atoms with Crippen LogP contribution in [0.1, 0.15) is 33.4 Å². The van der Waals surface area contributed by atoms with E-state index >= 15 is 0 Å². The van der Waals surface area contributed by atoms with Crippen LogP contribution in [0.4, 0.5) is 11.4 Å². The molecule has 5 nitrogen and oxygen atoms in total. The molecular weight excluding hydrogens is 547 g/mol. The minimum Gasteiger partial charge on any atom is -0.506 e. The fourth-order valence-corrected chi connectivity index (χ4v) is 6.90. The molecule has 0 fully saturated rings. The van der Waals surface area contributed by atoms with Crippen LogP contribution >= 0.6 is 34.5 Å². The zero-order valence-electron chi connectivity index (χ0n) is 20.8. The number of hydrogen-bond acceptors (Lipinski definition) is 4. The number of aromatic nitrogens is 1. The summed E-state index contributed by atoms with van der Waals surface area (Å²) in [5.74, 6) is -0.381. The second-order valence-corrected chi connectivity index (χ2v) is 13.8. The third kappa shape index (κ3) is 4.48. The van der Waals surface area contributed by atoms with E-state index in [1.165, 1.54) is 16.4 Å². The molecular formula is C28H26Cl2N2O3S2. The number of aromatic hydroxyl groups is 1. The molecule has 5 aromatic rings. The van der Waals surface area contributed by atoms with Crippen molar-refractivity contribution in [2.24, 2.45) is 0 Å². The fourth-order valence-electron chi connectivity index (χ4n) is 4.56. The Morgan fingerprint density at radius 2 is 1.76 bits per heavy atom. The lowest BCUT2D eigenvalue weighted by Crippen LogP contribution is -2.30. The van der Waals surface area contributed by atoms with E-state index in [1.807, 2.05) is 44.4 Å². The number of hydrogen-bond donors (Lipinski definition) is 2. The molecule has 0 bridgehead atoms. The van der Waals surface area contributed by atoms with Gasteiger partial charge in [0.05, 0.1) is 27.2 Å². The van der Waals surface area contributed by atoms with Crippen LogP contribution in [0.2, 0.25) is 10.0 Å². The quantitative estimate of drug-likeness (QED) is 0.221. The molecule has 37 heavy (non-hydrogen) atoms. The Morgan fingerprint density at radius 3 is 2.41 bits per heavy atom. The molecule has 2 aromatic heterocycles. The van der Waals surface area contributed by atoms with Crippen molar-refractivity contribution in [1.29, 1.82) is 0 Å². The average molecular weight is 574 g/mol. The topological polar surface area (TPSA) is 73.4 Å². The zero-order valence-corrected chi connectivity index (χ0v) is 23.9. The number of benzene rings is 3. The molecule has 192 valence electrons. The molecule has 2 N–H and O–H groups in total. The van der Waals surface area contributed by atoms with E-state index in [-0.39, 0.29) is 27.2 Å². The summed E-state index contributed by atoms with van der Waals surface area (Å²) in [6, 6.07) is 17.0. The van der Waals surface area contributed by atoms with Gasteiger partial charge in [0.2, 0.25) is 10.0 Å². The molecule has 5 rings (SSSR count). The van der Waals surface area contributed by atoms with Crippen molar-refractivity contribution in [2.75, 3.05) is 10.1 Å². The Kier molecular flexibility index (Phi) is 6.47. The van der Waals surface area contributed by atoms with E-state index in [2.05, 4.69) is 29.2 Å². The van der Waals surface area contributed by atoms with Gasteiger partial charge in [0.1, 0.15) is 5.75 Å². The van der Waals surface area contributed by atoms with Crippen molar-refractivity contribution in [3.05, 3.63) is 75.7 Å². The maximum absolute atomic E-state index is 13.8. The highest BCUT2D eigenvalue weighted by Crippen LogP contribution is 2.48. The highest BCUT2D eigenvalue weighted by atomic mass is 35.5. The van der Waals surface area contributed by atoms with Crippen LogP contribution in [0.25, 0.3) is 32.1 Å². The molecule has 0 atom stereocenters. The van der Waals surface area contributed by atoms with Crippen LogP contribution < -0.4 is 4.31 Å². The van der Waals surface area contributed by atoms with Crippen molar-refractivity contribution >= 4 is 77.6 Å². The second-order valence-electron chi connectivity index (χ2n) is 9.92. The van der Waals surface area contributed by atoms with Crippen molar-refractivity contribution in [3.8, 4) is 16.2 Å². The van der Waals surface area contributed by atoms with Crippen molar-refractivity contribution in [1.82, 2.24) is 4.98 Å². The van der Waals surface area contributed by atoms with Gasteiger partial charge in [0, 0.05) is 33.0 Å². The summed E-state index contributed by atoms with van der Waals surface area (Å²) < 4.78 is 28.9. The highest BCUT2D eigenvalue weighted by molar-refractivity contribution is 7.93. The lowest BCUT2D eigenvalue weighted by Gasteiger charge is -2.29. The molecule has 3 aromatic carbocycles. The maximum atomic E-state index is 13.8. The lowest BCUT2D eigenvalue weighted by atomic mass is 9.90. The van der Waals surface area contributed by atoms with Gasteiger partial charge in [-0.2, -0.15) is 0 Å². The van der Waals surface area contributed by atoms with Gasteiger partial charge in [-0.15, -0.1) is 11.3 Å². The molecule has 2 heterocycles. The average Bonchev–Trinajstić information content (AvgIpc) is 3.51. The van der Waals surface area contributed by atoms with Gasteiger partial charge in [-0.05, 0) is 52.9 Å². The fraction of sp³-hybridized carbons (Fsp3) is 0.214. The molecule has 0 radical (unpaired) electrons. The van der Waals surface area contributed by atoms with Crippen molar-refractivity contribution in [3.63, 3.8) is 0 Å². The lowest BCUT2D eigenvalue weighted by molar-refractivity contribution is 0.475. The van der Waals surface area contributed by atoms with E-state index in [0.717, 1.165) is 37.8 Å². The Hall–Kier alpha value is -2.71. The van der Waals surface area contributed by atoms with Gasteiger partial charge in [0.15, 0.2) is 0 Å². The summed E-state index contributed by atoms with van der Waals surface area (Å²) in [6.07, 6.45) is 0. The summed E-state index contributed by atoms with van der Waals surface area (Å²) in [6.45, 7) is 7.69. The number of nitrogens with zero attached hydrogens (tertiary/aromatic N) is 1. The number of halogens is 2. The summed E-state index contributed by atoms with van der Waals surface area (Å²) in [5.41, 5.74) is 2.85. The summed E-state index contributed by atoms with van der Waals surface area (Å²) >= 11 is 14.5. The number of H-pyrrole nitrogens is 1. The van der Waals surface area contributed by atoms with Crippen LogP contribution in [-0.2, 0) is 15.4 Å². The predicted octanol–water partition coefficient (Wildman–Crippen LogP) is 8.85. The van der Waals surface area contributed by atoms with Gasteiger partial charge in [-0.25, -0.2) is 12.7 Å². The Balaban J connectivity index is 1.96. The number of thiophene rings is 1. The SMILES string of the molecule is CCS(=O)(=O)N(c1cc(Cl)c(O)cc1Cl)c1c(C(C)(C)C)[nH]c2ccc3ccc(-c4cccs4)cc3c12. The summed E-state index contributed by atoms with van der Waals surface area (Å²) in [5, 5.41) is 14.9. The van der Waals surface area contributed by atoms with Crippen LogP contribution in [0.5, 0.6) is 5.75 Å². The monoisotopic (exact) mass is 572 g/mol. The third-order valence-electron chi connectivity index (χ3n) is 6.39. The molecule has 0 aliphatic carbocycles. The van der Waals surface area contributed by atoms with Crippen LogP contribution in [0, 0.1) is 0 Å². The van der Waals surface area contributed by atoms with E-state index in [9.17, 15) is 13.5 Å². The molecule has 0 aliphatic heterocycles. The second kappa shape index (κ2) is 9.24. The molecule has 0 amide bonds. The minimum atomic E-state index is -3.89. The number of rotatable bonds is 5. The van der Waals surface area contributed by atoms with Gasteiger partial charge in [0.25, 0.3) is 0 Å². The normalized spacial score (nSPS) is 12.5. The number of anilines is 2. The minimum absolute atomic E-state index is 0.0118. The number of fused-ring (bicyclic) bond motifs is 3. The summed E-state index contributed by atoms with van der Waals surface area (Å²) in [7, 11) is -3.89. The van der Waals surface area contributed by atoms with E-state index in [4.69, 9.17) is 23.2 Å². The van der Waals surface area contributed by atoms with Crippen LogP contribution in [-0.4, -0.2) is 24.3 Å². The number of sulfonamides is 1. The number of aromatic amines is 1. The predicted molar refractivity (Wildman–Crippen MR) is 158 cm³/mol. The molecule has 0 spiro atoms. The van der Waals surface area contributed by atoms with Gasteiger partial charge >= 0.3 is 0 Å². The van der Waals surface area contributed by atoms with E-state index in [1.54, 1.807) is 18.3 Å². The third-order valence-corrected chi connectivity index (χ3v) is 9.58. The van der Waals surface area contributed by atoms with Gasteiger partial charge in [-0.3, -0.25) is 0 Å².